The molecule has 144 valence electrons. The minimum Gasteiger partial charge on any atom is -0.341 e. The summed E-state index contributed by atoms with van der Waals surface area (Å²) in [4.78, 5) is 19.0. The number of halogens is 1. The molecule has 3 N–H and O–H groups in total. The maximum Gasteiger partial charge on any atom is 0.254 e. The number of aromatic nitrogens is 3. The van der Waals surface area contributed by atoms with E-state index in [0.717, 1.165) is 11.1 Å². The Balaban J connectivity index is 1.51. The van der Waals surface area contributed by atoms with Crippen molar-refractivity contribution in [1.82, 2.24) is 30.9 Å². The molecule has 2 aromatic carbocycles. The molecule has 0 radical (unpaired) electrons. The maximum absolute atomic E-state index is 13.2. The highest BCUT2D eigenvalue weighted by Crippen LogP contribution is 2.27. The molecule has 1 amide bonds. The molecule has 1 saturated heterocycles. The lowest BCUT2D eigenvalue weighted by atomic mass is 9.94. The highest BCUT2D eigenvalue weighted by Gasteiger charge is 2.31. The van der Waals surface area contributed by atoms with Gasteiger partial charge in [-0.05, 0) is 23.8 Å². The Bertz CT molecular complexity index is 944. The van der Waals surface area contributed by atoms with Gasteiger partial charge in [0.05, 0.1) is 11.6 Å². The van der Waals surface area contributed by atoms with Gasteiger partial charge in [0.25, 0.3) is 5.91 Å². The number of carbonyl (C=O) groups excluding carboxylic acids is 1. The average molecular weight is 380 g/mol. The van der Waals surface area contributed by atoms with Crippen LogP contribution >= 0.6 is 0 Å². The molecule has 0 spiro atoms. The normalized spacial score (nSPS) is 18.9. The number of hydrogen-bond acceptors (Lipinski definition) is 5. The lowest BCUT2D eigenvalue weighted by Crippen LogP contribution is -2.35. The molecule has 0 saturated carbocycles. The zero-order valence-corrected chi connectivity index (χ0v) is 15.4. The average Bonchev–Trinajstić information content (AvgIpc) is 3.40. The fourth-order valence-electron chi connectivity index (χ4n) is 3.58. The zero-order valence-electron chi connectivity index (χ0n) is 15.4. The van der Waals surface area contributed by atoms with Crippen LogP contribution in [-0.4, -0.2) is 46.1 Å². The van der Waals surface area contributed by atoms with Crippen LogP contribution in [0.25, 0.3) is 11.4 Å². The molecule has 0 bridgehead atoms. The summed E-state index contributed by atoms with van der Waals surface area (Å²) in [5.41, 5.74) is 8.65. The Morgan fingerprint density at radius 3 is 2.75 bits per heavy atom. The van der Waals surface area contributed by atoms with Crippen molar-refractivity contribution in [3.05, 3.63) is 71.8 Å². The minimum atomic E-state index is -0.262. The zero-order chi connectivity index (χ0) is 19.5. The number of nitrogens with zero attached hydrogens (tertiary/aromatic N) is 3. The van der Waals surface area contributed by atoms with Gasteiger partial charge in [-0.2, -0.15) is 5.10 Å². The summed E-state index contributed by atoms with van der Waals surface area (Å²) >= 11 is 0. The van der Waals surface area contributed by atoms with Gasteiger partial charge < -0.3 is 4.90 Å². The number of carbonyl (C=O) groups is 1. The lowest BCUT2D eigenvalue weighted by molar-refractivity contribution is 0.0772. The van der Waals surface area contributed by atoms with E-state index in [2.05, 4.69) is 26.0 Å². The van der Waals surface area contributed by atoms with Crippen LogP contribution in [-0.2, 0) is 0 Å². The second kappa shape index (κ2) is 7.87. The molecule has 2 unspecified atom stereocenters. The maximum atomic E-state index is 13.2. The quantitative estimate of drug-likeness (QED) is 0.632. The summed E-state index contributed by atoms with van der Waals surface area (Å²) in [5, 5.41) is 6.68. The van der Waals surface area contributed by atoms with Gasteiger partial charge in [0.2, 0.25) is 0 Å². The number of aromatic amines is 1. The van der Waals surface area contributed by atoms with E-state index in [0.29, 0.717) is 24.5 Å². The molecule has 1 aliphatic heterocycles. The summed E-state index contributed by atoms with van der Waals surface area (Å²) in [6.45, 7) is 1.26. The van der Waals surface area contributed by atoms with Crippen molar-refractivity contribution in [1.29, 1.82) is 0 Å². The molecule has 2 heterocycles. The van der Waals surface area contributed by atoms with E-state index in [4.69, 9.17) is 0 Å². The molecule has 2 atom stereocenters. The van der Waals surface area contributed by atoms with E-state index in [-0.39, 0.29) is 23.7 Å². The molecular formula is C20H21FN6O. The SMILES string of the molecule is CN(CC1CNNC1c1ccc(F)cc1)C(=O)c1ccccc1-c1ncn[nH]1. The number of hydrogen-bond donors (Lipinski definition) is 3. The molecule has 28 heavy (non-hydrogen) atoms. The summed E-state index contributed by atoms with van der Waals surface area (Å²) in [5.74, 6) is 0.363. The minimum absolute atomic E-state index is 0.000340. The third kappa shape index (κ3) is 3.64. The number of nitrogens with one attached hydrogen (secondary N) is 3. The summed E-state index contributed by atoms with van der Waals surface area (Å²) in [7, 11) is 1.79. The first-order valence-electron chi connectivity index (χ1n) is 9.07. The van der Waals surface area contributed by atoms with Crippen LogP contribution in [0.5, 0.6) is 0 Å². The number of amides is 1. The Kier molecular flexibility index (Phi) is 5.14. The van der Waals surface area contributed by atoms with Gasteiger partial charge in [0, 0.05) is 31.6 Å². The highest BCUT2D eigenvalue weighted by atomic mass is 19.1. The van der Waals surface area contributed by atoms with Gasteiger partial charge in [0.1, 0.15) is 12.1 Å². The third-order valence-corrected chi connectivity index (χ3v) is 5.01. The van der Waals surface area contributed by atoms with Crippen LogP contribution in [0.2, 0.25) is 0 Å². The van der Waals surface area contributed by atoms with Gasteiger partial charge in [-0.3, -0.25) is 15.3 Å². The third-order valence-electron chi connectivity index (χ3n) is 5.01. The molecule has 1 fully saturated rings. The standard InChI is InChI=1S/C20H21FN6O/c1-27(11-14-10-23-25-18(14)13-6-8-15(21)9-7-13)20(28)17-5-3-2-4-16(17)19-22-12-24-26-19/h2-9,12,14,18,23,25H,10-11H2,1H3,(H,22,24,26). The summed E-state index contributed by atoms with van der Waals surface area (Å²) in [6, 6.07) is 13.8. The number of rotatable bonds is 5. The van der Waals surface area contributed by atoms with E-state index in [9.17, 15) is 9.18 Å². The predicted octanol–water partition coefficient (Wildman–Crippen LogP) is 2.15. The highest BCUT2D eigenvalue weighted by molar-refractivity contribution is 6.00. The molecule has 4 rings (SSSR count). The second-order valence-electron chi connectivity index (χ2n) is 6.88. The predicted molar refractivity (Wildman–Crippen MR) is 103 cm³/mol. The Hall–Kier alpha value is -3.10. The van der Waals surface area contributed by atoms with Gasteiger partial charge in [0.15, 0.2) is 5.82 Å². The van der Waals surface area contributed by atoms with Crippen molar-refractivity contribution in [2.45, 2.75) is 6.04 Å². The van der Waals surface area contributed by atoms with Crippen molar-refractivity contribution in [3.8, 4) is 11.4 Å². The van der Waals surface area contributed by atoms with Gasteiger partial charge in [-0.15, -0.1) is 0 Å². The van der Waals surface area contributed by atoms with Gasteiger partial charge >= 0.3 is 0 Å². The molecular weight excluding hydrogens is 359 g/mol. The fraction of sp³-hybridized carbons (Fsp3) is 0.250. The van der Waals surface area contributed by atoms with Crippen LogP contribution in [0.1, 0.15) is 22.0 Å². The lowest BCUT2D eigenvalue weighted by Gasteiger charge is -2.25. The first-order valence-corrected chi connectivity index (χ1v) is 9.07. The Labute approximate surface area is 162 Å². The number of hydrazine groups is 1. The number of benzene rings is 2. The summed E-state index contributed by atoms with van der Waals surface area (Å²) in [6.07, 6.45) is 1.42. The van der Waals surface area contributed by atoms with Crippen LogP contribution in [0.15, 0.2) is 54.9 Å². The van der Waals surface area contributed by atoms with Crippen LogP contribution in [0, 0.1) is 11.7 Å². The number of H-pyrrole nitrogens is 1. The Morgan fingerprint density at radius 2 is 2.00 bits per heavy atom. The Morgan fingerprint density at radius 1 is 1.21 bits per heavy atom. The molecule has 8 heteroatoms. The van der Waals surface area contributed by atoms with Crippen molar-refractivity contribution in [3.63, 3.8) is 0 Å². The smallest absolute Gasteiger partial charge is 0.254 e. The first kappa shape index (κ1) is 18.3. The monoisotopic (exact) mass is 380 g/mol. The molecule has 1 aliphatic rings. The van der Waals surface area contributed by atoms with Crippen LogP contribution in [0.4, 0.5) is 4.39 Å². The first-order chi connectivity index (χ1) is 13.6. The second-order valence-corrected chi connectivity index (χ2v) is 6.88. The largest absolute Gasteiger partial charge is 0.341 e. The molecule has 0 aliphatic carbocycles. The van der Waals surface area contributed by atoms with Crippen molar-refractivity contribution in [2.75, 3.05) is 20.1 Å². The van der Waals surface area contributed by atoms with E-state index >= 15 is 0 Å². The molecule has 7 nitrogen and oxygen atoms in total. The molecule has 3 aromatic rings. The van der Waals surface area contributed by atoms with Crippen molar-refractivity contribution >= 4 is 5.91 Å². The molecule has 1 aromatic heterocycles. The van der Waals surface area contributed by atoms with E-state index in [1.807, 2.05) is 18.2 Å². The van der Waals surface area contributed by atoms with Crippen molar-refractivity contribution in [2.24, 2.45) is 5.92 Å². The summed E-state index contributed by atoms with van der Waals surface area (Å²) < 4.78 is 13.2. The fourth-order valence-corrected chi connectivity index (χ4v) is 3.58. The van der Waals surface area contributed by atoms with Crippen LogP contribution in [0.3, 0.4) is 0 Å². The van der Waals surface area contributed by atoms with Gasteiger partial charge in [-0.1, -0.05) is 30.3 Å². The van der Waals surface area contributed by atoms with Gasteiger partial charge in [-0.25, -0.2) is 14.8 Å². The van der Waals surface area contributed by atoms with E-state index in [1.165, 1.54) is 18.5 Å². The van der Waals surface area contributed by atoms with E-state index < -0.39 is 0 Å². The van der Waals surface area contributed by atoms with E-state index in [1.54, 1.807) is 30.1 Å². The topological polar surface area (TPSA) is 85.9 Å². The van der Waals surface area contributed by atoms with Crippen molar-refractivity contribution < 1.29 is 9.18 Å². The van der Waals surface area contributed by atoms with Crippen LogP contribution < -0.4 is 10.9 Å².